The molecular formula is C11H18BrN3O2S. The molecule has 18 heavy (non-hydrogen) atoms. The van der Waals surface area contributed by atoms with E-state index < -0.39 is 10.0 Å². The van der Waals surface area contributed by atoms with E-state index in [1.807, 2.05) is 0 Å². The SMILES string of the molecule is Cc1ncc(S(=O)(=O)N2CCCC(CCBr)C2)[nH]1. The summed E-state index contributed by atoms with van der Waals surface area (Å²) in [5.41, 5.74) is 0. The Balaban J connectivity index is 2.15. The average Bonchev–Trinajstić information content (AvgIpc) is 2.77. The predicted octanol–water partition coefficient (Wildman–Crippen LogP) is 1.90. The summed E-state index contributed by atoms with van der Waals surface area (Å²) in [6.07, 6.45) is 4.47. The van der Waals surface area contributed by atoms with Crippen LogP contribution in [0.2, 0.25) is 0 Å². The molecule has 0 saturated carbocycles. The molecule has 1 atom stereocenters. The van der Waals surface area contributed by atoms with Crippen LogP contribution in [-0.4, -0.2) is 41.1 Å². The number of aryl methyl sites for hydroxylation is 1. The number of piperidine rings is 1. The standard InChI is InChI=1S/C11H18BrN3O2S/c1-9-13-7-11(14-9)18(16,17)15-6-2-3-10(8-15)4-5-12/h7,10H,2-6,8H2,1H3,(H,13,14). The van der Waals surface area contributed by atoms with Crippen LogP contribution in [0.25, 0.3) is 0 Å². The minimum Gasteiger partial charge on any atom is -0.332 e. The number of nitrogens with zero attached hydrogens (tertiary/aromatic N) is 2. The molecular weight excluding hydrogens is 318 g/mol. The number of sulfonamides is 1. The Morgan fingerprint density at radius 3 is 3.00 bits per heavy atom. The van der Waals surface area contributed by atoms with Gasteiger partial charge in [0.2, 0.25) is 0 Å². The molecule has 2 heterocycles. The van der Waals surface area contributed by atoms with Crippen LogP contribution >= 0.6 is 15.9 Å². The average molecular weight is 336 g/mol. The molecule has 5 nitrogen and oxygen atoms in total. The number of hydrogen-bond donors (Lipinski definition) is 1. The normalized spacial score (nSPS) is 22.2. The fourth-order valence-electron chi connectivity index (χ4n) is 2.30. The first-order valence-electron chi connectivity index (χ1n) is 6.11. The van der Waals surface area contributed by atoms with Crippen molar-refractivity contribution in [3.05, 3.63) is 12.0 Å². The molecule has 102 valence electrons. The van der Waals surface area contributed by atoms with Gasteiger partial charge >= 0.3 is 0 Å². The summed E-state index contributed by atoms with van der Waals surface area (Å²) < 4.78 is 26.4. The van der Waals surface area contributed by atoms with E-state index in [4.69, 9.17) is 0 Å². The number of aromatic amines is 1. The van der Waals surface area contributed by atoms with Gasteiger partial charge in [-0.15, -0.1) is 0 Å². The van der Waals surface area contributed by atoms with Crippen molar-refractivity contribution in [2.24, 2.45) is 5.92 Å². The molecule has 0 aliphatic carbocycles. The van der Waals surface area contributed by atoms with Gasteiger partial charge in [0.15, 0.2) is 5.03 Å². The topological polar surface area (TPSA) is 66.1 Å². The number of imidazole rings is 1. The lowest BCUT2D eigenvalue weighted by molar-refractivity contribution is 0.262. The highest BCUT2D eigenvalue weighted by Crippen LogP contribution is 2.25. The maximum absolute atomic E-state index is 12.4. The molecule has 1 unspecified atom stereocenters. The molecule has 1 fully saturated rings. The van der Waals surface area contributed by atoms with Crippen LogP contribution in [-0.2, 0) is 10.0 Å². The zero-order valence-electron chi connectivity index (χ0n) is 10.4. The van der Waals surface area contributed by atoms with Crippen molar-refractivity contribution in [1.29, 1.82) is 0 Å². The van der Waals surface area contributed by atoms with Gasteiger partial charge in [0, 0.05) is 18.4 Å². The van der Waals surface area contributed by atoms with Crippen LogP contribution in [0, 0.1) is 12.8 Å². The number of H-pyrrole nitrogens is 1. The van der Waals surface area contributed by atoms with Crippen LogP contribution in [0.1, 0.15) is 25.1 Å². The first-order valence-corrected chi connectivity index (χ1v) is 8.68. The maximum Gasteiger partial charge on any atom is 0.260 e. The zero-order chi connectivity index (χ0) is 13.2. The van der Waals surface area contributed by atoms with Crippen LogP contribution in [0.5, 0.6) is 0 Å². The van der Waals surface area contributed by atoms with E-state index in [-0.39, 0.29) is 5.03 Å². The van der Waals surface area contributed by atoms with Crippen molar-refractivity contribution in [1.82, 2.24) is 14.3 Å². The highest BCUT2D eigenvalue weighted by molar-refractivity contribution is 9.09. The van der Waals surface area contributed by atoms with E-state index in [1.165, 1.54) is 6.20 Å². The van der Waals surface area contributed by atoms with Gasteiger partial charge in [-0.05, 0) is 32.1 Å². The van der Waals surface area contributed by atoms with E-state index in [9.17, 15) is 8.42 Å². The van der Waals surface area contributed by atoms with Gasteiger partial charge in [-0.1, -0.05) is 15.9 Å². The Bertz CT molecular complexity index is 498. The van der Waals surface area contributed by atoms with E-state index in [2.05, 4.69) is 25.9 Å². The van der Waals surface area contributed by atoms with E-state index in [1.54, 1.807) is 11.2 Å². The van der Waals surface area contributed by atoms with Crippen molar-refractivity contribution in [3.63, 3.8) is 0 Å². The quantitative estimate of drug-likeness (QED) is 0.854. The Hall–Kier alpha value is -0.400. The molecule has 0 spiro atoms. The third-order valence-electron chi connectivity index (χ3n) is 3.30. The minimum absolute atomic E-state index is 0.208. The molecule has 0 radical (unpaired) electrons. The predicted molar refractivity (Wildman–Crippen MR) is 73.2 cm³/mol. The third kappa shape index (κ3) is 2.95. The zero-order valence-corrected chi connectivity index (χ0v) is 12.8. The van der Waals surface area contributed by atoms with Gasteiger partial charge in [-0.3, -0.25) is 0 Å². The summed E-state index contributed by atoms with van der Waals surface area (Å²) in [5.74, 6) is 1.08. The molecule has 1 saturated heterocycles. The molecule has 7 heteroatoms. The van der Waals surface area contributed by atoms with Crippen molar-refractivity contribution >= 4 is 26.0 Å². The van der Waals surface area contributed by atoms with E-state index in [0.29, 0.717) is 24.8 Å². The lowest BCUT2D eigenvalue weighted by Crippen LogP contribution is -2.40. The Kier molecular flexibility index (Phi) is 4.45. The molecule has 1 aliphatic heterocycles. The van der Waals surface area contributed by atoms with E-state index in [0.717, 1.165) is 24.6 Å². The van der Waals surface area contributed by atoms with Crippen molar-refractivity contribution in [3.8, 4) is 0 Å². The molecule has 1 aliphatic rings. The number of nitrogens with one attached hydrogen (secondary N) is 1. The lowest BCUT2D eigenvalue weighted by Gasteiger charge is -2.31. The fourth-order valence-corrected chi connectivity index (χ4v) is 4.47. The Morgan fingerprint density at radius 2 is 2.39 bits per heavy atom. The van der Waals surface area contributed by atoms with Crippen molar-refractivity contribution in [2.45, 2.75) is 31.2 Å². The van der Waals surface area contributed by atoms with Gasteiger partial charge in [-0.25, -0.2) is 13.4 Å². The summed E-state index contributed by atoms with van der Waals surface area (Å²) in [5, 5.41) is 1.13. The van der Waals surface area contributed by atoms with E-state index >= 15 is 0 Å². The molecule has 2 rings (SSSR count). The molecule has 1 N–H and O–H groups in total. The first-order chi connectivity index (χ1) is 8.54. The van der Waals surface area contributed by atoms with Crippen LogP contribution in [0.3, 0.4) is 0 Å². The second-order valence-corrected chi connectivity index (χ2v) is 7.38. The summed E-state index contributed by atoms with van der Waals surface area (Å²) in [6, 6.07) is 0. The highest BCUT2D eigenvalue weighted by Gasteiger charge is 2.30. The Morgan fingerprint density at radius 1 is 1.61 bits per heavy atom. The largest absolute Gasteiger partial charge is 0.332 e. The first kappa shape index (κ1) is 14.0. The molecule has 0 amide bonds. The van der Waals surface area contributed by atoms with Gasteiger partial charge in [-0.2, -0.15) is 4.31 Å². The van der Waals surface area contributed by atoms with Crippen LogP contribution in [0.15, 0.2) is 11.2 Å². The summed E-state index contributed by atoms with van der Waals surface area (Å²) >= 11 is 3.42. The number of rotatable bonds is 4. The molecule has 1 aromatic heterocycles. The van der Waals surface area contributed by atoms with Gasteiger partial charge < -0.3 is 4.98 Å². The Labute approximate surface area is 116 Å². The third-order valence-corrected chi connectivity index (χ3v) is 5.53. The van der Waals surface area contributed by atoms with Gasteiger partial charge in [0.05, 0.1) is 6.20 Å². The second kappa shape index (κ2) is 5.71. The molecule has 0 aromatic carbocycles. The smallest absolute Gasteiger partial charge is 0.260 e. The van der Waals surface area contributed by atoms with Gasteiger partial charge in [0.1, 0.15) is 5.82 Å². The van der Waals surface area contributed by atoms with Gasteiger partial charge in [0.25, 0.3) is 10.0 Å². The maximum atomic E-state index is 12.4. The van der Waals surface area contributed by atoms with Crippen LogP contribution in [0.4, 0.5) is 0 Å². The summed E-state index contributed by atoms with van der Waals surface area (Å²) in [6.45, 7) is 2.98. The number of aromatic nitrogens is 2. The summed E-state index contributed by atoms with van der Waals surface area (Å²) in [7, 11) is -3.39. The minimum atomic E-state index is -3.39. The number of hydrogen-bond acceptors (Lipinski definition) is 3. The van der Waals surface area contributed by atoms with Crippen molar-refractivity contribution < 1.29 is 8.42 Å². The fraction of sp³-hybridized carbons (Fsp3) is 0.727. The lowest BCUT2D eigenvalue weighted by atomic mass is 9.97. The highest BCUT2D eigenvalue weighted by atomic mass is 79.9. The number of halogens is 1. The molecule has 0 bridgehead atoms. The number of alkyl halides is 1. The molecule has 1 aromatic rings. The summed E-state index contributed by atoms with van der Waals surface area (Å²) in [4.78, 5) is 6.77. The monoisotopic (exact) mass is 335 g/mol. The second-order valence-electron chi connectivity index (χ2n) is 4.68. The van der Waals surface area contributed by atoms with Crippen LogP contribution < -0.4 is 0 Å². The van der Waals surface area contributed by atoms with Crippen molar-refractivity contribution in [2.75, 3.05) is 18.4 Å².